The Hall–Kier alpha value is -3.07. The number of sulfonamides is 1. The lowest BCUT2D eigenvalue weighted by molar-refractivity contribution is -0.121. The molecule has 0 aliphatic heterocycles. The van der Waals surface area contributed by atoms with Crippen LogP contribution in [0.4, 0.5) is 5.69 Å². The zero-order chi connectivity index (χ0) is 21.6. The molecule has 0 aliphatic rings. The van der Waals surface area contributed by atoms with Gasteiger partial charge in [-0.1, -0.05) is 0 Å². The number of methoxy groups -OCH3 is 2. The van der Waals surface area contributed by atoms with Crippen LogP contribution in [-0.4, -0.2) is 46.6 Å². The van der Waals surface area contributed by atoms with E-state index < -0.39 is 22.0 Å². The van der Waals surface area contributed by atoms with Crippen LogP contribution in [0, 0.1) is 0 Å². The van der Waals surface area contributed by atoms with Crippen LogP contribution in [0.3, 0.4) is 0 Å². The largest absolute Gasteiger partial charge is 0.497 e. The van der Waals surface area contributed by atoms with Gasteiger partial charge in [0.05, 0.1) is 31.9 Å². The molecule has 0 spiro atoms. The molecule has 0 aromatic heterocycles. The molecule has 1 amide bonds. The minimum Gasteiger partial charge on any atom is -0.497 e. The predicted molar refractivity (Wildman–Crippen MR) is 113 cm³/mol. The normalized spacial score (nSPS) is 12.8. The summed E-state index contributed by atoms with van der Waals surface area (Å²) in [7, 11) is -0.617. The van der Waals surface area contributed by atoms with Gasteiger partial charge in [-0.2, -0.15) is 5.10 Å². The molecular formula is C20H25N3O5S. The molecule has 156 valence electrons. The second-order valence-corrected chi connectivity index (χ2v) is 8.19. The molecule has 2 aromatic carbocycles. The van der Waals surface area contributed by atoms with Crippen molar-refractivity contribution in [3.05, 3.63) is 54.1 Å². The van der Waals surface area contributed by atoms with Crippen molar-refractivity contribution in [3.8, 4) is 11.5 Å². The number of hydrazone groups is 1. The number of ether oxygens (including phenoxy) is 2. The zero-order valence-electron chi connectivity index (χ0n) is 17.0. The third kappa shape index (κ3) is 5.71. The van der Waals surface area contributed by atoms with E-state index in [1.54, 1.807) is 50.4 Å². The highest BCUT2D eigenvalue weighted by Gasteiger charge is 2.29. The first-order valence-electron chi connectivity index (χ1n) is 8.79. The van der Waals surface area contributed by atoms with Crippen molar-refractivity contribution < 1.29 is 22.7 Å². The Morgan fingerprint density at radius 1 is 1.00 bits per heavy atom. The Morgan fingerprint density at radius 2 is 1.48 bits per heavy atom. The summed E-state index contributed by atoms with van der Waals surface area (Å²) in [6.07, 6.45) is 1.05. The van der Waals surface area contributed by atoms with Gasteiger partial charge < -0.3 is 9.47 Å². The molecule has 1 N–H and O–H groups in total. The van der Waals surface area contributed by atoms with Gasteiger partial charge in [0.2, 0.25) is 10.0 Å². The fourth-order valence-corrected chi connectivity index (χ4v) is 3.84. The summed E-state index contributed by atoms with van der Waals surface area (Å²) in [4.78, 5) is 12.6. The topological polar surface area (TPSA) is 97.3 Å². The Bertz CT molecular complexity index is 970. The van der Waals surface area contributed by atoms with Crippen LogP contribution in [-0.2, 0) is 14.8 Å². The van der Waals surface area contributed by atoms with Crippen molar-refractivity contribution in [2.75, 3.05) is 24.8 Å². The number of amides is 1. The van der Waals surface area contributed by atoms with Crippen molar-refractivity contribution in [1.29, 1.82) is 0 Å². The molecular weight excluding hydrogens is 394 g/mol. The van der Waals surface area contributed by atoms with E-state index in [4.69, 9.17) is 9.47 Å². The van der Waals surface area contributed by atoms with Gasteiger partial charge in [0.15, 0.2) is 0 Å². The Labute approximate surface area is 171 Å². The average Bonchev–Trinajstić information content (AvgIpc) is 2.71. The van der Waals surface area contributed by atoms with Crippen LogP contribution >= 0.6 is 0 Å². The van der Waals surface area contributed by atoms with Gasteiger partial charge in [0.25, 0.3) is 5.91 Å². The van der Waals surface area contributed by atoms with E-state index >= 15 is 0 Å². The predicted octanol–water partition coefficient (Wildman–Crippen LogP) is 2.40. The number of carbonyl (C=O) groups is 1. The van der Waals surface area contributed by atoms with E-state index in [0.717, 1.165) is 16.1 Å². The van der Waals surface area contributed by atoms with Crippen LogP contribution in [0.25, 0.3) is 0 Å². The maximum atomic E-state index is 12.6. The molecule has 0 heterocycles. The van der Waals surface area contributed by atoms with Crippen LogP contribution < -0.4 is 19.2 Å². The van der Waals surface area contributed by atoms with Gasteiger partial charge in [-0.05, 0) is 67.9 Å². The highest BCUT2D eigenvalue weighted by molar-refractivity contribution is 7.92. The summed E-state index contributed by atoms with van der Waals surface area (Å²) in [5, 5.41) is 4.09. The zero-order valence-corrected chi connectivity index (χ0v) is 17.9. The van der Waals surface area contributed by atoms with E-state index in [0.29, 0.717) is 22.9 Å². The Morgan fingerprint density at radius 3 is 1.93 bits per heavy atom. The second-order valence-electron chi connectivity index (χ2n) is 6.33. The number of hydrogen-bond acceptors (Lipinski definition) is 6. The van der Waals surface area contributed by atoms with Gasteiger partial charge in [-0.25, -0.2) is 13.8 Å². The van der Waals surface area contributed by atoms with E-state index in [9.17, 15) is 13.2 Å². The maximum absolute atomic E-state index is 12.6. The molecule has 0 saturated heterocycles. The minimum absolute atomic E-state index is 0.354. The molecule has 2 rings (SSSR count). The number of nitrogens with one attached hydrogen (secondary N) is 1. The summed E-state index contributed by atoms with van der Waals surface area (Å²) in [6, 6.07) is 12.6. The molecule has 8 nitrogen and oxygen atoms in total. The lowest BCUT2D eigenvalue weighted by Crippen LogP contribution is -2.46. The number of rotatable bonds is 8. The average molecular weight is 420 g/mol. The van der Waals surface area contributed by atoms with Crippen molar-refractivity contribution in [2.45, 2.75) is 19.9 Å². The number of carbonyl (C=O) groups excluding carboxylic acids is 1. The van der Waals surface area contributed by atoms with Crippen LogP contribution in [0.2, 0.25) is 0 Å². The first kappa shape index (κ1) is 22.2. The van der Waals surface area contributed by atoms with E-state index in [-0.39, 0.29) is 0 Å². The van der Waals surface area contributed by atoms with Crippen LogP contribution in [0.15, 0.2) is 53.6 Å². The van der Waals surface area contributed by atoms with Gasteiger partial charge in [-0.15, -0.1) is 0 Å². The molecule has 1 atom stereocenters. The molecule has 29 heavy (non-hydrogen) atoms. The molecule has 0 aliphatic carbocycles. The van der Waals surface area contributed by atoms with Crippen molar-refractivity contribution in [2.24, 2.45) is 5.10 Å². The summed E-state index contributed by atoms with van der Waals surface area (Å²) >= 11 is 0. The monoisotopic (exact) mass is 419 g/mol. The smallest absolute Gasteiger partial charge is 0.263 e. The number of benzene rings is 2. The molecule has 2 aromatic rings. The quantitative estimate of drug-likeness (QED) is 0.523. The first-order valence-corrected chi connectivity index (χ1v) is 10.6. The second kappa shape index (κ2) is 9.42. The van der Waals surface area contributed by atoms with Crippen LogP contribution in [0.1, 0.15) is 19.4 Å². The molecule has 0 unspecified atom stereocenters. The van der Waals surface area contributed by atoms with Gasteiger partial charge in [0, 0.05) is 0 Å². The summed E-state index contributed by atoms with van der Waals surface area (Å²) in [5.41, 5.74) is 4.17. The van der Waals surface area contributed by atoms with E-state index in [1.807, 2.05) is 12.1 Å². The fourth-order valence-electron chi connectivity index (χ4n) is 2.67. The molecule has 9 heteroatoms. The SMILES string of the molecule is COc1ccc(/C(C)=N\NC(=O)[C@H](C)N(c2ccc(OC)cc2)S(C)(=O)=O)cc1. The van der Waals surface area contributed by atoms with Gasteiger partial charge in [-0.3, -0.25) is 9.10 Å². The van der Waals surface area contributed by atoms with Crippen molar-refractivity contribution >= 4 is 27.3 Å². The Balaban J connectivity index is 2.19. The number of anilines is 1. The summed E-state index contributed by atoms with van der Waals surface area (Å²) in [6.45, 7) is 3.24. The molecule has 0 fully saturated rings. The number of hydrogen-bond donors (Lipinski definition) is 1. The third-order valence-corrected chi connectivity index (χ3v) is 5.50. The lowest BCUT2D eigenvalue weighted by Gasteiger charge is -2.27. The lowest BCUT2D eigenvalue weighted by atomic mass is 10.1. The maximum Gasteiger partial charge on any atom is 0.263 e. The highest BCUT2D eigenvalue weighted by atomic mass is 32.2. The summed E-state index contributed by atoms with van der Waals surface area (Å²) in [5.74, 6) is 0.737. The molecule has 0 saturated carbocycles. The van der Waals surface area contributed by atoms with Crippen molar-refractivity contribution in [3.63, 3.8) is 0 Å². The number of nitrogens with zero attached hydrogens (tertiary/aromatic N) is 2. The van der Waals surface area contributed by atoms with Gasteiger partial charge >= 0.3 is 0 Å². The minimum atomic E-state index is -3.71. The highest BCUT2D eigenvalue weighted by Crippen LogP contribution is 2.23. The third-order valence-electron chi connectivity index (χ3n) is 4.26. The van der Waals surface area contributed by atoms with E-state index in [2.05, 4.69) is 10.5 Å². The Kier molecular flexibility index (Phi) is 7.22. The molecule has 0 bridgehead atoms. The van der Waals surface area contributed by atoms with Crippen LogP contribution in [0.5, 0.6) is 11.5 Å². The molecule has 0 radical (unpaired) electrons. The fraction of sp³-hybridized carbons (Fsp3) is 0.300. The summed E-state index contributed by atoms with van der Waals surface area (Å²) < 4.78 is 35.9. The van der Waals surface area contributed by atoms with Gasteiger partial charge in [0.1, 0.15) is 17.5 Å². The van der Waals surface area contributed by atoms with E-state index in [1.165, 1.54) is 14.0 Å². The van der Waals surface area contributed by atoms with Crippen molar-refractivity contribution in [1.82, 2.24) is 5.43 Å². The first-order chi connectivity index (χ1) is 13.7. The standard InChI is InChI=1S/C20H25N3O5S/c1-14(16-6-10-18(27-3)11-7-16)21-22-20(24)15(2)23(29(5,25)26)17-8-12-19(28-4)13-9-17/h6-13,15H,1-5H3,(H,22,24)/b21-14-/t15-/m0/s1.